The molecule has 0 bridgehead atoms. The first-order valence-corrected chi connectivity index (χ1v) is 10.9. The second kappa shape index (κ2) is 6.81. The third-order valence-electron chi connectivity index (χ3n) is 7.00. The topological polar surface area (TPSA) is 41.4 Å². The Labute approximate surface area is 175 Å². The van der Waals surface area contributed by atoms with E-state index in [1.54, 1.807) is 17.7 Å². The van der Waals surface area contributed by atoms with Crippen molar-refractivity contribution >= 4 is 22.3 Å². The maximum absolute atomic E-state index is 13.1. The van der Waals surface area contributed by atoms with Crippen molar-refractivity contribution in [3.63, 3.8) is 0 Å². The lowest BCUT2D eigenvalue weighted by atomic mass is 9.77. The number of hydrogen-bond donors (Lipinski definition) is 2. The minimum atomic E-state index is -0.236. The third-order valence-corrected chi connectivity index (χ3v) is 7.00. The average molecular weight is 401 g/mol. The van der Waals surface area contributed by atoms with E-state index >= 15 is 0 Å². The van der Waals surface area contributed by atoms with Gasteiger partial charge in [-0.15, -0.1) is 0 Å². The average Bonchev–Trinajstić information content (AvgIpc) is 3.14. The number of benzene rings is 2. The first-order valence-electron chi connectivity index (χ1n) is 10.9. The van der Waals surface area contributed by atoms with Gasteiger partial charge in [0.1, 0.15) is 5.82 Å². The van der Waals surface area contributed by atoms with Crippen LogP contribution < -0.4 is 10.7 Å². The van der Waals surface area contributed by atoms with Crippen LogP contribution in [0.25, 0.3) is 10.9 Å². The number of nitrogens with zero attached hydrogens (tertiary/aromatic N) is 2. The molecule has 2 N–H and O–H groups in total. The zero-order chi connectivity index (χ0) is 20.1. The highest BCUT2D eigenvalue weighted by Gasteiger charge is 2.42. The van der Waals surface area contributed by atoms with E-state index < -0.39 is 0 Å². The maximum Gasteiger partial charge on any atom is 0.123 e. The van der Waals surface area contributed by atoms with Crippen molar-refractivity contribution in [1.82, 2.24) is 9.88 Å². The monoisotopic (exact) mass is 400 g/mol. The van der Waals surface area contributed by atoms with Crippen LogP contribution in [0.2, 0.25) is 0 Å². The largest absolute Gasteiger partial charge is 0.333 e. The van der Waals surface area contributed by atoms with Crippen LogP contribution in [0.1, 0.15) is 43.0 Å². The highest BCUT2D eigenvalue weighted by molar-refractivity contribution is 5.96. The first kappa shape index (κ1) is 17.9. The van der Waals surface area contributed by atoms with Crippen LogP contribution in [0, 0.1) is 5.82 Å². The summed E-state index contributed by atoms with van der Waals surface area (Å²) in [6.45, 7) is 1.07. The molecule has 1 aliphatic carbocycles. The van der Waals surface area contributed by atoms with Crippen molar-refractivity contribution in [1.29, 1.82) is 0 Å². The molecule has 3 aliphatic rings. The normalized spacial score (nSPS) is 26.3. The predicted octanol–water partition coefficient (Wildman–Crippen LogP) is 5.27. The van der Waals surface area contributed by atoms with E-state index in [0.717, 1.165) is 43.6 Å². The van der Waals surface area contributed by atoms with Crippen molar-refractivity contribution in [3.8, 4) is 0 Å². The smallest absolute Gasteiger partial charge is 0.123 e. The van der Waals surface area contributed by atoms with Gasteiger partial charge in [-0.1, -0.05) is 24.3 Å². The Morgan fingerprint density at radius 2 is 1.93 bits per heavy atom. The molecule has 3 heterocycles. The van der Waals surface area contributed by atoms with Gasteiger partial charge < -0.3 is 9.88 Å². The van der Waals surface area contributed by atoms with Gasteiger partial charge in [0.15, 0.2) is 0 Å². The molecule has 0 fully saturated rings. The number of aromatic nitrogens is 1. The summed E-state index contributed by atoms with van der Waals surface area (Å²) >= 11 is 0. The van der Waals surface area contributed by atoms with E-state index in [0.29, 0.717) is 6.04 Å². The number of hydrazone groups is 1. The van der Waals surface area contributed by atoms with Crippen LogP contribution in [0.4, 0.5) is 10.1 Å². The summed E-state index contributed by atoms with van der Waals surface area (Å²) in [6, 6.07) is 15.7. The molecule has 0 saturated heterocycles. The number of rotatable bonds is 2. The minimum absolute atomic E-state index is 0.0254. The van der Waals surface area contributed by atoms with Gasteiger partial charge in [0.2, 0.25) is 0 Å². The molecule has 152 valence electrons. The molecule has 4 nitrogen and oxygen atoms in total. The van der Waals surface area contributed by atoms with Gasteiger partial charge in [-0.3, -0.25) is 5.43 Å². The van der Waals surface area contributed by atoms with Crippen LogP contribution >= 0.6 is 0 Å². The van der Waals surface area contributed by atoms with Crippen molar-refractivity contribution in [2.24, 2.45) is 5.10 Å². The second-order valence-corrected chi connectivity index (χ2v) is 8.67. The van der Waals surface area contributed by atoms with E-state index in [-0.39, 0.29) is 11.4 Å². The fourth-order valence-corrected chi connectivity index (χ4v) is 5.56. The first-order chi connectivity index (χ1) is 14.7. The molecule has 0 saturated carbocycles. The van der Waals surface area contributed by atoms with Gasteiger partial charge >= 0.3 is 0 Å². The third kappa shape index (κ3) is 2.72. The van der Waals surface area contributed by atoms with Crippen LogP contribution in [0.3, 0.4) is 0 Å². The van der Waals surface area contributed by atoms with E-state index in [4.69, 9.17) is 0 Å². The summed E-state index contributed by atoms with van der Waals surface area (Å²) in [5, 5.41) is 9.73. The Hall–Kier alpha value is -2.92. The Kier molecular flexibility index (Phi) is 4.06. The number of nitrogens with one attached hydrogen (secondary N) is 2. The number of anilines is 1. The lowest BCUT2D eigenvalue weighted by Gasteiger charge is -2.45. The molecular weight excluding hydrogens is 375 g/mol. The van der Waals surface area contributed by atoms with Gasteiger partial charge in [-0.25, -0.2) is 4.39 Å². The van der Waals surface area contributed by atoms with Gasteiger partial charge in [0.05, 0.1) is 16.9 Å². The van der Waals surface area contributed by atoms with Crippen molar-refractivity contribution in [2.45, 2.75) is 43.7 Å². The lowest BCUT2D eigenvalue weighted by Crippen LogP contribution is -2.44. The lowest BCUT2D eigenvalue weighted by molar-refractivity contribution is 0.239. The summed E-state index contributed by atoms with van der Waals surface area (Å²) in [5.74, 6) is -0.236. The zero-order valence-electron chi connectivity index (χ0n) is 16.9. The molecule has 2 aromatic carbocycles. The molecule has 5 heteroatoms. The van der Waals surface area contributed by atoms with Gasteiger partial charge in [-0.05, 0) is 80.6 Å². The summed E-state index contributed by atoms with van der Waals surface area (Å²) in [6.07, 6.45) is 9.94. The van der Waals surface area contributed by atoms with Crippen molar-refractivity contribution < 1.29 is 4.39 Å². The van der Waals surface area contributed by atoms with Crippen LogP contribution in [0.15, 0.2) is 65.8 Å². The number of halogens is 1. The van der Waals surface area contributed by atoms with E-state index in [9.17, 15) is 4.39 Å². The Balaban J connectivity index is 1.37. The minimum Gasteiger partial charge on any atom is -0.333 e. The fourth-order valence-electron chi connectivity index (χ4n) is 5.56. The molecule has 0 amide bonds. The molecule has 2 atom stereocenters. The molecule has 6 rings (SSSR count). The molecule has 0 unspecified atom stereocenters. The predicted molar refractivity (Wildman–Crippen MR) is 119 cm³/mol. The summed E-state index contributed by atoms with van der Waals surface area (Å²) in [4.78, 5) is 0. The standard InChI is InChI=1S/C25H25FN4/c26-17-5-7-18(8-6-17)28-29-19-9-13-25(14-10-19)15-11-22-24-21(12-16-27-22)20-3-1-2-4-23(20)30(24)25/h1-9,13,22,27-28H,10-12,14-16H2/b29-19+/t22-,25+/m0/s1. The fraction of sp³-hybridized carbons (Fsp3) is 0.320. The molecule has 3 aromatic rings. The number of hydrogen-bond acceptors (Lipinski definition) is 3. The highest BCUT2D eigenvalue weighted by atomic mass is 19.1. The van der Waals surface area contributed by atoms with Gasteiger partial charge in [0.25, 0.3) is 0 Å². The molecule has 0 radical (unpaired) electrons. The number of allylic oxidation sites excluding steroid dienone is 2. The SMILES string of the molecule is Fc1ccc(N/N=C2\C=C[C@@]3(CC2)CC[C@@H]2NCCc4c2n3c2ccccc42)cc1. The molecule has 1 aromatic heterocycles. The second-order valence-electron chi connectivity index (χ2n) is 8.67. The van der Waals surface area contributed by atoms with E-state index in [1.807, 2.05) is 0 Å². The molecule has 2 aliphatic heterocycles. The number of fused-ring (bicyclic) bond motifs is 4. The molecule has 1 spiro atoms. The molecular formula is C25H25FN4. The van der Waals surface area contributed by atoms with Gasteiger partial charge in [-0.2, -0.15) is 5.10 Å². The van der Waals surface area contributed by atoms with Crippen molar-refractivity contribution in [3.05, 3.63) is 77.8 Å². The van der Waals surface area contributed by atoms with Crippen LogP contribution in [-0.2, 0) is 12.0 Å². The summed E-state index contributed by atoms with van der Waals surface area (Å²) in [7, 11) is 0. The zero-order valence-corrected chi connectivity index (χ0v) is 16.9. The molecule has 30 heavy (non-hydrogen) atoms. The number of para-hydroxylation sites is 1. The highest BCUT2D eigenvalue weighted by Crippen LogP contribution is 2.48. The van der Waals surface area contributed by atoms with E-state index in [1.165, 1.54) is 35.2 Å². The Morgan fingerprint density at radius 3 is 2.77 bits per heavy atom. The quantitative estimate of drug-likeness (QED) is 0.575. The summed E-state index contributed by atoms with van der Waals surface area (Å²) in [5.41, 5.74) is 9.34. The van der Waals surface area contributed by atoms with Crippen LogP contribution in [-0.4, -0.2) is 16.8 Å². The van der Waals surface area contributed by atoms with Gasteiger partial charge in [0, 0.05) is 22.6 Å². The maximum atomic E-state index is 13.1. The van der Waals surface area contributed by atoms with Crippen molar-refractivity contribution in [2.75, 3.05) is 12.0 Å². The Morgan fingerprint density at radius 1 is 1.07 bits per heavy atom. The summed E-state index contributed by atoms with van der Waals surface area (Å²) < 4.78 is 15.7. The van der Waals surface area contributed by atoms with Crippen LogP contribution in [0.5, 0.6) is 0 Å². The Bertz CT molecular complexity index is 1170. The van der Waals surface area contributed by atoms with E-state index in [2.05, 4.69) is 56.8 Å².